The highest BCUT2D eigenvalue weighted by molar-refractivity contribution is 5.87. The maximum absolute atomic E-state index is 10.7. The predicted molar refractivity (Wildman–Crippen MR) is 68.3 cm³/mol. The molecule has 1 N–H and O–H groups in total. The molecule has 1 heterocycles. The molecule has 0 saturated carbocycles. The van der Waals surface area contributed by atoms with Crippen LogP contribution >= 0.6 is 0 Å². The molecule has 0 fully saturated rings. The Balaban J connectivity index is 2.51. The third kappa shape index (κ3) is 2.18. The second-order valence-electron chi connectivity index (χ2n) is 4.31. The van der Waals surface area contributed by atoms with Crippen LogP contribution < -0.4 is 0 Å². The summed E-state index contributed by atoms with van der Waals surface area (Å²) in [6.07, 6.45) is 2.91. The minimum Gasteiger partial charge on any atom is -0.481 e. The minimum atomic E-state index is -0.742. The van der Waals surface area contributed by atoms with Crippen LogP contribution in [0.1, 0.15) is 24.5 Å². The number of hydrogen-bond donors (Lipinski definition) is 1. The van der Waals surface area contributed by atoms with Gasteiger partial charge in [0.2, 0.25) is 0 Å². The Morgan fingerprint density at radius 1 is 1.41 bits per heavy atom. The maximum atomic E-state index is 10.7. The number of carbonyl (C=O) groups is 1. The number of aromatic nitrogens is 1. The fourth-order valence-electron chi connectivity index (χ4n) is 2.31. The zero-order valence-corrected chi connectivity index (χ0v) is 10.2. The Labute approximate surface area is 101 Å². The van der Waals surface area contributed by atoms with Crippen LogP contribution in [0.25, 0.3) is 10.9 Å². The Kier molecular flexibility index (Phi) is 3.18. The number of carboxylic acids is 1. The zero-order valence-electron chi connectivity index (χ0n) is 10.2. The van der Waals surface area contributed by atoms with Gasteiger partial charge in [0.1, 0.15) is 0 Å². The summed E-state index contributed by atoms with van der Waals surface area (Å²) in [5.41, 5.74) is 3.56. The quantitative estimate of drug-likeness (QED) is 0.879. The SMILES string of the molecule is CCn1cc(C)c2cccc(CCC(=O)O)c21. The Bertz CT molecular complexity index is 555. The standard InChI is InChI=1S/C14H17NO2/c1-3-15-9-10(2)12-6-4-5-11(14(12)15)7-8-13(16)17/h4-6,9H,3,7-8H2,1-2H3,(H,16,17). The van der Waals surface area contributed by atoms with Gasteiger partial charge in [-0.15, -0.1) is 0 Å². The average Bonchev–Trinajstić information content (AvgIpc) is 2.64. The Morgan fingerprint density at radius 3 is 2.82 bits per heavy atom. The first-order valence-electron chi connectivity index (χ1n) is 5.92. The van der Waals surface area contributed by atoms with Crippen molar-refractivity contribution in [2.75, 3.05) is 0 Å². The fourth-order valence-corrected chi connectivity index (χ4v) is 2.31. The largest absolute Gasteiger partial charge is 0.481 e. The molecule has 0 aliphatic rings. The summed E-state index contributed by atoms with van der Waals surface area (Å²) in [5.74, 6) is -0.742. The third-order valence-electron chi connectivity index (χ3n) is 3.13. The number of hydrogen-bond acceptors (Lipinski definition) is 1. The highest BCUT2D eigenvalue weighted by Crippen LogP contribution is 2.25. The summed E-state index contributed by atoms with van der Waals surface area (Å²) in [5, 5.41) is 10.0. The number of fused-ring (bicyclic) bond motifs is 1. The van der Waals surface area contributed by atoms with E-state index in [-0.39, 0.29) is 6.42 Å². The van der Waals surface area contributed by atoms with E-state index in [1.807, 2.05) is 12.1 Å². The molecule has 3 heteroatoms. The molecule has 0 unspecified atom stereocenters. The number of benzene rings is 1. The monoisotopic (exact) mass is 231 g/mol. The highest BCUT2D eigenvalue weighted by atomic mass is 16.4. The van der Waals surface area contributed by atoms with E-state index >= 15 is 0 Å². The smallest absolute Gasteiger partial charge is 0.303 e. The molecular weight excluding hydrogens is 214 g/mol. The molecule has 2 rings (SSSR count). The molecule has 0 atom stereocenters. The second-order valence-corrected chi connectivity index (χ2v) is 4.31. The van der Waals surface area contributed by atoms with Crippen LogP contribution in [-0.2, 0) is 17.8 Å². The number of nitrogens with zero attached hydrogens (tertiary/aromatic N) is 1. The topological polar surface area (TPSA) is 42.2 Å². The normalized spacial score (nSPS) is 10.9. The van der Waals surface area contributed by atoms with E-state index in [1.54, 1.807) is 0 Å². The van der Waals surface area contributed by atoms with Gasteiger partial charge in [-0.25, -0.2) is 0 Å². The number of aryl methyl sites for hydroxylation is 3. The van der Waals surface area contributed by atoms with Crippen molar-refractivity contribution in [3.05, 3.63) is 35.5 Å². The number of aliphatic carboxylic acids is 1. The first kappa shape index (κ1) is 11.7. The Hall–Kier alpha value is -1.77. The van der Waals surface area contributed by atoms with Crippen molar-refractivity contribution < 1.29 is 9.90 Å². The van der Waals surface area contributed by atoms with Crippen molar-refractivity contribution in [3.8, 4) is 0 Å². The van der Waals surface area contributed by atoms with Crippen LogP contribution in [0.15, 0.2) is 24.4 Å². The maximum Gasteiger partial charge on any atom is 0.303 e. The van der Waals surface area contributed by atoms with Crippen LogP contribution in [0.5, 0.6) is 0 Å². The van der Waals surface area contributed by atoms with Crippen LogP contribution in [-0.4, -0.2) is 15.6 Å². The lowest BCUT2D eigenvalue weighted by atomic mass is 10.1. The van der Waals surface area contributed by atoms with Gasteiger partial charge < -0.3 is 9.67 Å². The van der Waals surface area contributed by atoms with Gasteiger partial charge in [-0.05, 0) is 31.4 Å². The summed E-state index contributed by atoms with van der Waals surface area (Å²) in [7, 11) is 0. The van der Waals surface area contributed by atoms with E-state index in [0.29, 0.717) is 6.42 Å². The van der Waals surface area contributed by atoms with Gasteiger partial charge in [0.15, 0.2) is 0 Å². The van der Waals surface area contributed by atoms with Gasteiger partial charge in [0, 0.05) is 24.5 Å². The lowest BCUT2D eigenvalue weighted by molar-refractivity contribution is -0.136. The van der Waals surface area contributed by atoms with Crippen LogP contribution in [0.2, 0.25) is 0 Å². The highest BCUT2D eigenvalue weighted by Gasteiger charge is 2.09. The fraction of sp³-hybridized carbons (Fsp3) is 0.357. The lowest BCUT2D eigenvalue weighted by Crippen LogP contribution is -2.00. The molecule has 17 heavy (non-hydrogen) atoms. The molecule has 2 aromatic rings. The zero-order chi connectivity index (χ0) is 12.4. The van der Waals surface area contributed by atoms with Gasteiger partial charge in [0.05, 0.1) is 5.52 Å². The molecule has 0 spiro atoms. The Morgan fingerprint density at radius 2 is 2.18 bits per heavy atom. The van der Waals surface area contributed by atoms with Crippen molar-refractivity contribution in [2.45, 2.75) is 33.2 Å². The van der Waals surface area contributed by atoms with E-state index < -0.39 is 5.97 Å². The average molecular weight is 231 g/mol. The molecular formula is C14H17NO2. The van der Waals surface area contributed by atoms with E-state index in [4.69, 9.17) is 5.11 Å². The number of carboxylic acid groups (broad SMARTS) is 1. The van der Waals surface area contributed by atoms with E-state index in [0.717, 1.165) is 12.1 Å². The van der Waals surface area contributed by atoms with Crippen LogP contribution in [0.3, 0.4) is 0 Å². The lowest BCUT2D eigenvalue weighted by Gasteiger charge is -2.06. The van der Waals surface area contributed by atoms with Crippen molar-refractivity contribution in [1.29, 1.82) is 0 Å². The van der Waals surface area contributed by atoms with Gasteiger partial charge in [-0.1, -0.05) is 18.2 Å². The van der Waals surface area contributed by atoms with Crippen LogP contribution in [0.4, 0.5) is 0 Å². The molecule has 0 aliphatic heterocycles. The van der Waals surface area contributed by atoms with Crippen molar-refractivity contribution in [2.24, 2.45) is 0 Å². The molecule has 1 aromatic carbocycles. The van der Waals surface area contributed by atoms with Gasteiger partial charge in [-0.3, -0.25) is 4.79 Å². The van der Waals surface area contributed by atoms with Crippen molar-refractivity contribution in [3.63, 3.8) is 0 Å². The first-order valence-corrected chi connectivity index (χ1v) is 5.92. The molecule has 0 radical (unpaired) electrons. The van der Waals surface area contributed by atoms with E-state index in [2.05, 4.69) is 30.7 Å². The van der Waals surface area contributed by atoms with E-state index in [9.17, 15) is 4.79 Å². The molecule has 1 aromatic heterocycles. The van der Waals surface area contributed by atoms with Crippen LogP contribution in [0, 0.1) is 6.92 Å². The predicted octanol–water partition coefficient (Wildman–Crippen LogP) is 2.99. The van der Waals surface area contributed by atoms with Crippen molar-refractivity contribution >= 4 is 16.9 Å². The molecule has 0 aliphatic carbocycles. The van der Waals surface area contributed by atoms with Gasteiger partial charge in [-0.2, -0.15) is 0 Å². The number of rotatable bonds is 4. The molecule has 0 bridgehead atoms. The molecule has 0 saturated heterocycles. The number of para-hydroxylation sites is 1. The summed E-state index contributed by atoms with van der Waals surface area (Å²) >= 11 is 0. The summed E-state index contributed by atoms with van der Waals surface area (Å²) in [4.78, 5) is 10.7. The second kappa shape index (κ2) is 4.62. The van der Waals surface area contributed by atoms with Gasteiger partial charge in [0.25, 0.3) is 0 Å². The van der Waals surface area contributed by atoms with Crippen molar-refractivity contribution in [1.82, 2.24) is 4.57 Å². The first-order chi connectivity index (χ1) is 8.13. The summed E-state index contributed by atoms with van der Waals surface area (Å²) in [6.45, 7) is 5.11. The molecule has 90 valence electrons. The third-order valence-corrected chi connectivity index (χ3v) is 3.13. The van der Waals surface area contributed by atoms with Gasteiger partial charge >= 0.3 is 5.97 Å². The minimum absolute atomic E-state index is 0.188. The molecule has 0 amide bonds. The molecule has 3 nitrogen and oxygen atoms in total. The summed E-state index contributed by atoms with van der Waals surface area (Å²) in [6, 6.07) is 6.13. The summed E-state index contributed by atoms with van der Waals surface area (Å²) < 4.78 is 2.20. The van der Waals surface area contributed by atoms with E-state index in [1.165, 1.54) is 16.5 Å².